The van der Waals surface area contributed by atoms with Crippen molar-refractivity contribution in [1.82, 2.24) is 0 Å². The van der Waals surface area contributed by atoms with Gasteiger partial charge in [-0.3, -0.25) is 4.79 Å². The number of amides is 1. The minimum atomic E-state index is -0.565. The van der Waals surface area contributed by atoms with Crippen LogP contribution in [0, 0.1) is 6.92 Å². The van der Waals surface area contributed by atoms with E-state index in [4.69, 9.17) is 21.1 Å². The van der Waals surface area contributed by atoms with E-state index >= 15 is 0 Å². The minimum absolute atomic E-state index is 0.371. The van der Waals surface area contributed by atoms with Crippen molar-refractivity contribution in [2.24, 2.45) is 0 Å². The summed E-state index contributed by atoms with van der Waals surface area (Å²) in [5.74, 6) is -0.999. The smallest absolute Gasteiger partial charge is 0.338 e. The predicted molar refractivity (Wildman–Crippen MR) is 92.3 cm³/mol. The van der Waals surface area contributed by atoms with Crippen LogP contribution in [-0.2, 0) is 20.9 Å². The Bertz CT molecular complexity index is 746. The van der Waals surface area contributed by atoms with Gasteiger partial charge in [0.05, 0.1) is 12.2 Å². The van der Waals surface area contributed by atoms with Crippen LogP contribution in [0.3, 0.4) is 0 Å². The molecular formula is C18H18ClNO4. The molecule has 2 aromatic rings. The highest BCUT2D eigenvalue weighted by Crippen LogP contribution is 2.19. The zero-order valence-electron chi connectivity index (χ0n) is 13.5. The number of carbonyl (C=O) groups excluding carboxylic acids is 2. The molecule has 6 heteroatoms. The average molecular weight is 348 g/mol. The lowest BCUT2D eigenvalue weighted by atomic mass is 10.1. The normalized spacial score (nSPS) is 10.3. The third kappa shape index (κ3) is 5.08. The Morgan fingerprint density at radius 3 is 2.67 bits per heavy atom. The molecule has 5 nitrogen and oxygen atoms in total. The van der Waals surface area contributed by atoms with Crippen molar-refractivity contribution < 1.29 is 19.1 Å². The number of rotatable bonds is 6. The zero-order valence-corrected chi connectivity index (χ0v) is 14.2. The van der Waals surface area contributed by atoms with Crippen LogP contribution in [0.5, 0.6) is 0 Å². The molecule has 1 amide bonds. The number of esters is 1. The second-order valence-corrected chi connectivity index (χ2v) is 5.63. The molecule has 2 aromatic carbocycles. The summed E-state index contributed by atoms with van der Waals surface area (Å²) >= 11 is 6.00. The van der Waals surface area contributed by atoms with Crippen molar-refractivity contribution >= 4 is 29.2 Å². The summed E-state index contributed by atoms with van der Waals surface area (Å²) < 4.78 is 10.0. The number of carbonyl (C=O) groups is 2. The summed E-state index contributed by atoms with van der Waals surface area (Å²) in [6.07, 6.45) is 0. The molecule has 126 valence electrons. The molecule has 0 saturated carbocycles. The highest BCUT2D eigenvalue weighted by molar-refractivity contribution is 6.31. The average Bonchev–Trinajstić information content (AvgIpc) is 2.56. The Labute approximate surface area is 145 Å². The predicted octanol–water partition coefficient (Wildman–Crippen LogP) is 3.59. The molecule has 0 spiro atoms. The first-order valence-electron chi connectivity index (χ1n) is 7.30. The van der Waals surface area contributed by atoms with Crippen LogP contribution in [0.15, 0.2) is 42.5 Å². The highest BCUT2D eigenvalue weighted by atomic mass is 35.5. The Morgan fingerprint density at radius 1 is 1.17 bits per heavy atom. The summed E-state index contributed by atoms with van der Waals surface area (Å²) in [6.45, 7) is 1.89. The molecule has 1 N–H and O–H groups in total. The lowest BCUT2D eigenvalue weighted by Crippen LogP contribution is -2.21. The number of ether oxygens (including phenoxy) is 2. The Hall–Kier alpha value is -2.37. The van der Waals surface area contributed by atoms with Gasteiger partial charge in [-0.25, -0.2) is 4.79 Å². The fourth-order valence-electron chi connectivity index (χ4n) is 2.04. The van der Waals surface area contributed by atoms with Crippen molar-refractivity contribution in [3.63, 3.8) is 0 Å². The Kier molecular flexibility index (Phi) is 6.35. The standard InChI is InChI=1S/C18H18ClNO4/c1-12-6-7-15(9-16(12)19)20-17(21)11-24-18(22)14-5-3-4-13(8-14)10-23-2/h3-9H,10-11H2,1-2H3,(H,20,21). The molecular weight excluding hydrogens is 330 g/mol. The lowest BCUT2D eigenvalue weighted by molar-refractivity contribution is -0.119. The second-order valence-electron chi connectivity index (χ2n) is 5.22. The number of anilines is 1. The van der Waals surface area contributed by atoms with Gasteiger partial charge in [0.25, 0.3) is 5.91 Å². The highest BCUT2D eigenvalue weighted by Gasteiger charge is 2.11. The summed E-state index contributed by atoms with van der Waals surface area (Å²) in [5, 5.41) is 3.18. The van der Waals surface area contributed by atoms with Crippen molar-refractivity contribution in [3.05, 3.63) is 64.2 Å². The first-order chi connectivity index (χ1) is 11.5. The molecule has 0 aliphatic carbocycles. The van der Waals surface area contributed by atoms with Crippen LogP contribution < -0.4 is 5.32 Å². The molecule has 0 aromatic heterocycles. The maximum atomic E-state index is 12.0. The number of halogens is 1. The van der Waals surface area contributed by atoms with Gasteiger partial charge in [0.15, 0.2) is 6.61 Å². The molecule has 0 aliphatic heterocycles. The number of nitrogens with one attached hydrogen (secondary N) is 1. The largest absolute Gasteiger partial charge is 0.452 e. The first kappa shape index (κ1) is 18.0. The van der Waals surface area contributed by atoms with Gasteiger partial charge in [-0.05, 0) is 42.3 Å². The van der Waals surface area contributed by atoms with E-state index < -0.39 is 11.9 Å². The molecule has 0 fully saturated rings. The van der Waals surface area contributed by atoms with Crippen molar-refractivity contribution in [1.29, 1.82) is 0 Å². The number of methoxy groups -OCH3 is 1. The molecule has 0 aliphatic rings. The van der Waals surface area contributed by atoms with Gasteiger partial charge in [0.2, 0.25) is 0 Å². The maximum absolute atomic E-state index is 12.0. The molecule has 24 heavy (non-hydrogen) atoms. The van der Waals surface area contributed by atoms with E-state index in [1.807, 2.05) is 13.0 Å². The first-order valence-corrected chi connectivity index (χ1v) is 7.68. The van der Waals surface area contributed by atoms with Crippen LogP contribution in [-0.4, -0.2) is 25.6 Å². The Morgan fingerprint density at radius 2 is 1.96 bits per heavy atom. The minimum Gasteiger partial charge on any atom is -0.452 e. The van der Waals surface area contributed by atoms with Crippen molar-refractivity contribution in [2.45, 2.75) is 13.5 Å². The van der Waals surface area contributed by atoms with E-state index in [2.05, 4.69) is 5.32 Å². The van der Waals surface area contributed by atoms with Gasteiger partial charge in [0.1, 0.15) is 0 Å². The molecule has 0 radical (unpaired) electrons. The van der Waals surface area contributed by atoms with Crippen LogP contribution in [0.25, 0.3) is 0 Å². The molecule has 0 atom stereocenters. The van der Waals surface area contributed by atoms with E-state index in [9.17, 15) is 9.59 Å². The van der Waals surface area contributed by atoms with E-state index in [-0.39, 0.29) is 6.61 Å². The number of benzene rings is 2. The summed E-state index contributed by atoms with van der Waals surface area (Å²) in [7, 11) is 1.58. The molecule has 2 rings (SSSR count). The monoisotopic (exact) mass is 347 g/mol. The van der Waals surface area contributed by atoms with E-state index in [0.29, 0.717) is 22.9 Å². The number of hydrogen-bond acceptors (Lipinski definition) is 4. The van der Waals surface area contributed by atoms with Gasteiger partial charge in [-0.2, -0.15) is 0 Å². The van der Waals surface area contributed by atoms with E-state index in [0.717, 1.165) is 11.1 Å². The number of hydrogen-bond donors (Lipinski definition) is 1. The third-order valence-electron chi connectivity index (χ3n) is 3.26. The quantitative estimate of drug-likeness (QED) is 0.811. The van der Waals surface area contributed by atoms with Crippen molar-refractivity contribution in [2.75, 3.05) is 19.0 Å². The lowest BCUT2D eigenvalue weighted by Gasteiger charge is -2.08. The van der Waals surface area contributed by atoms with Crippen LogP contribution in [0.2, 0.25) is 5.02 Å². The molecule has 0 heterocycles. The summed E-state index contributed by atoms with van der Waals surface area (Å²) in [6, 6.07) is 12.0. The topological polar surface area (TPSA) is 64.6 Å². The van der Waals surface area contributed by atoms with Gasteiger partial charge in [0, 0.05) is 17.8 Å². The zero-order chi connectivity index (χ0) is 17.5. The maximum Gasteiger partial charge on any atom is 0.338 e. The van der Waals surface area contributed by atoms with Crippen LogP contribution in [0.1, 0.15) is 21.5 Å². The number of aryl methyl sites for hydroxylation is 1. The van der Waals surface area contributed by atoms with Gasteiger partial charge in [-0.15, -0.1) is 0 Å². The fraction of sp³-hybridized carbons (Fsp3) is 0.222. The van der Waals surface area contributed by atoms with E-state index in [1.54, 1.807) is 43.5 Å². The van der Waals surface area contributed by atoms with Crippen LogP contribution >= 0.6 is 11.6 Å². The Balaban J connectivity index is 1.90. The van der Waals surface area contributed by atoms with Gasteiger partial charge >= 0.3 is 5.97 Å². The molecule has 0 saturated heterocycles. The SMILES string of the molecule is COCc1cccc(C(=O)OCC(=O)Nc2ccc(C)c(Cl)c2)c1. The third-order valence-corrected chi connectivity index (χ3v) is 3.67. The van der Waals surface area contributed by atoms with E-state index in [1.165, 1.54) is 0 Å². The summed E-state index contributed by atoms with van der Waals surface area (Å²) in [5.41, 5.74) is 2.69. The van der Waals surface area contributed by atoms with Crippen LogP contribution in [0.4, 0.5) is 5.69 Å². The van der Waals surface area contributed by atoms with Gasteiger partial charge in [-0.1, -0.05) is 29.8 Å². The van der Waals surface area contributed by atoms with Crippen molar-refractivity contribution in [3.8, 4) is 0 Å². The second kappa shape index (κ2) is 8.47. The van der Waals surface area contributed by atoms with Gasteiger partial charge < -0.3 is 14.8 Å². The summed E-state index contributed by atoms with van der Waals surface area (Å²) in [4.78, 5) is 23.9. The fourth-order valence-corrected chi connectivity index (χ4v) is 2.22. The molecule has 0 bridgehead atoms. The molecule has 0 unspecified atom stereocenters.